The normalized spacial score (nSPS) is 20.4. The lowest BCUT2D eigenvalue weighted by molar-refractivity contribution is -0.795. The van der Waals surface area contributed by atoms with E-state index in [9.17, 15) is 10.2 Å². The molecule has 5 heteroatoms. The molecule has 0 spiro atoms. The quantitative estimate of drug-likeness (QED) is 0.728. The van der Waals surface area contributed by atoms with Crippen molar-refractivity contribution in [1.82, 2.24) is 5.27 Å². The SMILES string of the molecule is CC(O)c1c([O-])on[n+]1C1CCCCC1. The van der Waals surface area contributed by atoms with E-state index >= 15 is 0 Å². The first-order valence-corrected chi connectivity index (χ1v) is 5.46. The van der Waals surface area contributed by atoms with Gasteiger partial charge in [0, 0.05) is 12.8 Å². The average Bonchev–Trinajstić information content (AvgIpc) is 2.61. The van der Waals surface area contributed by atoms with Gasteiger partial charge in [-0.15, -0.1) is 0 Å². The van der Waals surface area contributed by atoms with E-state index in [-0.39, 0.29) is 11.7 Å². The van der Waals surface area contributed by atoms with Crippen LogP contribution in [0.2, 0.25) is 0 Å². The van der Waals surface area contributed by atoms with Gasteiger partial charge < -0.3 is 14.7 Å². The zero-order valence-electron chi connectivity index (χ0n) is 8.85. The molecule has 84 valence electrons. The standard InChI is InChI=1S/C10H16N2O3/c1-7(13)9-10(14)15-11-12(9)8-5-3-2-4-6-8/h7-8,13H,2-6H2,1H3. The monoisotopic (exact) mass is 212 g/mol. The second-order valence-electron chi connectivity index (χ2n) is 4.16. The molecule has 2 rings (SSSR count). The fourth-order valence-corrected chi connectivity index (χ4v) is 2.22. The minimum atomic E-state index is -0.814. The van der Waals surface area contributed by atoms with Crippen LogP contribution >= 0.6 is 0 Å². The van der Waals surface area contributed by atoms with Crippen molar-refractivity contribution < 1.29 is 19.4 Å². The van der Waals surface area contributed by atoms with Crippen molar-refractivity contribution in [2.75, 3.05) is 0 Å². The summed E-state index contributed by atoms with van der Waals surface area (Å²) in [4.78, 5) is 0. The first-order valence-electron chi connectivity index (χ1n) is 5.46. The molecule has 1 fully saturated rings. The van der Waals surface area contributed by atoms with Crippen LogP contribution in [0.15, 0.2) is 4.52 Å². The van der Waals surface area contributed by atoms with Crippen molar-refractivity contribution in [3.8, 4) is 5.95 Å². The Morgan fingerprint density at radius 2 is 2.13 bits per heavy atom. The fourth-order valence-electron chi connectivity index (χ4n) is 2.22. The molecule has 1 saturated carbocycles. The number of nitrogens with zero attached hydrogens (tertiary/aromatic N) is 2. The Morgan fingerprint density at radius 1 is 1.47 bits per heavy atom. The maximum atomic E-state index is 11.3. The van der Waals surface area contributed by atoms with Gasteiger partial charge in [-0.05, 0) is 19.8 Å². The number of hydrogen-bond donors (Lipinski definition) is 1. The van der Waals surface area contributed by atoms with Crippen molar-refractivity contribution >= 4 is 0 Å². The Balaban J connectivity index is 2.26. The van der Waals surface area contributed by atoms with Crippen LogP contribution in [0.4, 0.5) is 0 Å². The second kappa shape index (κ2) is 4.18. The highest BCUT2D eigenvalue weighted by Crippen LogP contribution is 2.26. The van der Waals surface area contributed by atoms with Gasteiger partial charge in [-0.2, -0.15) is 0 Å². The van der Waals surface area contributed by atoms with E-state index < -0.39 is 12.1 Å². The molecule has 15 heavy (non-hydrogen) atoms. The third-order valence-corrected chi connectivity index (χ3v) is 2.98. The molecule has 1 N–H and O–H groups in total. The zero-order chi connectivity index (χ0) is 10.8. The van der Waals surface area contributed by atoms with Crippen molar-refractivity contribution in [1.29, 1.82) is 0 Å². The van der Waals surface area contributed by atoms with Gasteiger partial charge in [0.2, 0.25) is 0 Å². The summed E-state index contributed by atoms with van der Waals surface area (Å²) >= 11 is 0. The van der Waals surface area contributed by atoms with E-state index in [1.54, 1.807) is 11.6 Å². The number of rotatable bonds is 2. The van der Waals surface area contributed by atoms with Gasteiger partial charge in [-0.1, -0.05) is 11.1 Å². The van der Waals surface area contributed by atoms with Crippen LogP contribution < -0.4 is 9.79 Å². The van der Waals surface area contributed by atoms with Crippen LogP contribution in [-0.2, 0) is 0 Å². The van der Waals surface area contributed by atoms with Crippen molar-refractivity contribution in [2.45, 2.75) is 51.2 Å². The van der Waals surface area contributed by atoms with E-state index in [0.717, 1.165) is 25.7 Å². The average molecular weight is 212 g/mol. The first-order chi connectivity index (χ1) is 7.20. The van der Waals surface area contributed by atoms with Gasteiger partial charge >= 0.3 is 0 Å². The van der Waals surface area contributed by atoms with E-state index in [1.807, 2.05) is 0 Å². The molecule has 1 unspecified atom stereocenters. The summed E-state index contributed by atoms with van der Waals surface area (Å²) in [6.45, 7) is 1.56. The molecule has 0 radical (unpaired) electrons. The second-order valence-corrected chi connectivity index (χ2v) is 4.16. The van der Waals surface area contributed by atoms with Crippen LogP contribution in [-0.4, -0.2) is 10.4 Å². The Labute approximate surface area is 88.3 Å². The van der Waals surface area contributed by atoms with Crippen LogP contribution in [0.3, 0.4) is 0 Å². The lowest BCUT2D eigenvalue weighted by Crippen LogP contribution is -2.46. The van der Waals surface area contributed by atoms with Gasteiger partial charge in [-0.3, -0.25) is 0 Å². The first kappa shape index (κ1) is 10.4. The van der Waals surface area contributed by atoms with Gasteiger partial charge in [0.25, 0.3) is 5.69 Å². The lowest BCUT2D eigenvalue weighted by Gasteiger charge is -2.15. The molecular formula is C10H16N2O3. The number of aliphatic hydroxyl groups excluding tert-OH is 1. The topological polar surface area (TPSA) is 73.2 Å². The number of aromatic nitrogens is 2. The van der Waals surface area contributed by atoms with Crippen LogP contribution in [0.5, 0.6) is 5.95 Å². The smallest absolute Gasteiger partial charge is 0.261 e. The van der Waals surface area contributed by atoms with Gasteiger partial charge in [0.05, 0.1) is 5.27 Å². The maximum Gasteiger partial charge on any atom is 0.261 e. The molecule has 0 aliphatic heterocycles. The predicted octanol–water partition coefficient (Wildman–Crippen LogP) is 0.594. The summed E-state index contributed by atoms with van der Waals surface area (Å²) in [7, 11) is 0. The largest absolute Gasteiger partial charge is 0.539 e. The van der Waals surface area contributed by atoms with Crippen molar-refractivity contribution in [3.05, 3.63) is 5.69 Å². The zero-order valence-corrected chi connectivity index (χ0v) is 8.85. The molecule has 0 aromatic carbocycles. The minimum absolute atomic E-state index is 0.217. The molecule has 1 atom stereocenters. The highest BCUT2D eigenvalue weighted by atomic mass is 16.6. The summed E-state index contributed by atoms with van der Waals surface area (Å²) in [5.41, 5.74) is 0.280. The van der Waals surface area contributed by atoms with Crippen LogP contribution in [0.1, 0.15) is 56.9 Å². The maximum absolute atomic E-state index is 11.3. The lowest BCUT2D eigenvalue weighted by atomic mass is 9.95. The predicted molar refractivity (Wildman–Crippen MR) is 48.9 cm³/mol. The van der Waals surface area contributed by atoms with Crippen LogP contribution in [0, 0.1) is 0 Å². The summed E-state index contributed by atoms with van der Waals surface area (Å²) < 4.78 is 6.18. The summed E-state index contributed by atoms with van der Waals surface area (Å²) in [5.74, 6) is -0.518. The Hall–Kier alpha value is -1.10. The molecule has 1 aromatic heterocycles. The molecule has 1 aromatic rings. The highest BCUT2D eigenvalue weighted by molar-refractivity contribution is 5.05. The fraction of sp³-hybridized carbons (Fsp3) is 0.800. The van der Waals surface area contributed by atoms with Crippen molar-refractivity contribution in [3.63, 3.8) is 0 Å². The van der Waals surface area contributed by atoms with E-state index in [2.05, 4.69) is 9.79 Å². The minimum Gasteiger partial charge on any atom is -0.539 e. The molecule has 0 bridgehead atoms. The number of hydrogen-bond acceptors (Lipinski definition) is 4. The van der Waals surface area contributed by atoms with Gasteiger partial charge in [-0.25, -0.2) is 0 Å². The van der Waals surface area contributed by atoms with Crippen LogP contribution in [0.25, 0.3) is 0 Å². The third kappa shape index (κ3) is 1.97. The molecule has 1 aliphatic rings. The molecule has 0 amide bonds. The van der Waals surface area contributed by atoms with E-state index in [0.29, 0.717) is 0 Å². The molecule has 1 heterocycles. The summed E-state index contributed by atoms with van der Waals surface area (Å²) in [6.07, 6.45) is 4.75. The Kier molecular flexibility index (Phi) is 2.90. The summed E-state index contributed by atoms with van der Waals surface area (Å²) in [5, 5.41) is 24.5. The van der Waals surface area contributed by atoms with E-state index in [4.69, 9.17) is 0 Å². The molecule has 5 nitrogen and oxygen atoms in total. The molecular weight excluding hydrogens is 196 g/mol. The Bertz CT molecular complexity index is 329. The van der Waals surface area contributed by atoms with E-state index in [1.165, 1.54) is 6.42 Å². The number of aliphatic hydroxyl groups is 1. The molecule has 0 saturated heterocycles. The van der Waals surface area contributed by atoms with Gasteiger partial charge in [0.1, 0.15) is 6.10 Å². The third-order valence-electron chi connectivity index (χ3n) is 2.98. The Morgan fingerprint density at radius 3 is 2.73 bits per heavy atom. The van der Waals surface area contributed by atoms with Gasteiger partial charge in [0.15, 0.2) is 12.0 Å². The summed E-state index contributed by atoms with van der Waals surface area (Å²) in [6, 6.07) is 0.217. The van der Waals surface area contributed by atoms with Crippen molar-refractivity contribution in [2.24, 2.45) is 0 Å². The molecule has 1 aliphatic carbocycles. The highest BCUT2D eigenvalue weighted by Gasteiger charge is 2.31.